The average molecular weight is 330 g/mol. The van der Waals surface area contributed by atoms with Crippen LogP contribution < -0.4 is 4.90 Å². The SMILES string of the molecule is Cc1ccccc1N1CCN(Cc2ccc(F)cc2F)[C@@H](C)C1=O. The number of piperazine rings is 1. The minimum Gasteiger partial charge on any atom is -0.310 e. The number of nitrogens with zero attached hydrogens (tertiary/aromatic N) is 2. The zero-order chi connectivity index (χ0) is 17.3. The highest BCUT2D eigenvalue weighted by Gasteiger charge is 2.33. The second-order valence-electron chi connectivity index (χ2n) is 6.16. The molecule has 1 fully saturated rings. The van der Waals surface area contributed by atoms with Gasteiger partial charge in [0.05, 0.1) is 6.04 Å². The lowest BCUT2D eigenvalue weighted by molar-refractivity contribution is -0.125. The van der Waals surface area contributed by atoms with Crippen molar-refractivity contribution in [3.8, 4) is 0 Å². The van der Waals surface area contributed by atoms with Gasteiger partial charge in [-0.2, -0.15) is 0 Å². The van der Waals surface area contributed by atoms with Crippen molar-refractivity contribution in [1.82, 2.24) is 4.90 Å². The molecular formula is C19H20F2N2O. The molecule has 1 amide bonds. The normalized spacial score (nSPS) is 18.9. The van der Waals surface area contributed by atoms with Gasteiger partial charge in [-0.05, 0) is 31.5 Å². The van der Waals surface area contributed by atoms with Gasteiger partial charge in [0, 0.05) is 37.0 Å². The van der Waals surface area contributed by atoms with Crippen molar-refractivity contribution in [3.63, 3.8) is 0 Å². The molecule has 2 aromatic carbocycles. The van der Waals surface area contributed by atoms with E-state index < -0.39 is 11.6 Å². The van der Waals surface area contributed by atoms with Gasteiger partial charge in [-0.1, -0.05) is 24.3 Å². The monoisotopic (exact) mass is 330 g/mol. The third-order valence-corrected chi connectivity index (χ3v) is 4.58. The highest BCUT2D eigenvalue weighted by atomic mass is 19.1. The Morgan fingerprint density at radius 1 is 1.12 bits per heavy atom. The smallest absolute Gasteiger partial charge is 0.244 e. The molecule has 3 rings (SSSR count). The molecule has 0 radical (unpaired) electrons. The Labute approximate surface area is 140 Å². The van der Waals surface area contributed by atoms with Gasteiger partial charge in [0.15, 0.2) is 0 Å². The van der Waals surface area contributed by atoms with Gasteiger partial charge in [0.25, 0.3) is 0 Å². The summed E-state index contributed by atoms with van der Waals surface area (Å²) in [6, 6.07) is 11.0. The Bertz CT molecular complexity index is 763. The molecule has 1 atom stereocenters. The van der Waals surface area contributed by atoms with E-state index in [1.54, 1.807) is 4.90 Å². The third kappa shape index (κ3) is 3.17. The van der Waals surface area contributed by atoms with Crippen molar-refractivity contribution in [2.24, 2.45) is 0 Å². The molecule has 1 aliphatic rings. The van der Waals surface area contributed by atoms with Crippen LogP contribution in [0.1, 0.15) is 18.1 Å². The summed E-state index contributed by atoms with van der Waals surface area (Å²) < 4.78 is 26.9. The number of carbonyl (C=O) groups excluding carboxylic acids is 1. The lowest BCUT2D eigenvalue weighted by atomic mass is 10.1. The third-order valence-electron chi connectivity index (χ3n) is 4.58. The van der Waals surface area contributed by atoms with Gasteiger partial charge in [0.1, 0.15) is 11.6 Å². The largest absolute Gasteiger partial charge is 0.310 e. The predicted molar refractivity (Wildman–Crippen MR) is 89.8 cm³/mol. The van der Waals surface area contributed by atoms with Gasteiger partial charge in [-0.25, -0.2) is 8.78 Å². The fourth-order valence-corrected chi connectivity index (χ4v) is 3.10. The molecular weight excluding hydrogens is 310 g/mol. The molecule has 0 spiro atoms. The van der Waals surface area contributed by atoms with Gasteiger partial charge in [0.2, 0.25) is 5.91 Å². The topological polar surface area (TPSA) is 23.6 Å². The molecule has 0 N–H and O–H groups in total. The molecule has 24 heavy (non-hydrogen) atoms. The number of benzene rings is 2. The molecule has 0 aromatic heterocycles. The fourth-order valence-electron chi connectivity index (χ4n) is 3.10. The summed E-state index contributed by atoms with van der Waals surface area (Å²) in [4.78, 5) is 16.5. The lowest BCUT2D eigenvalue weighted by Gasteiger charge is -2.39. The molecule has 5 heteroatoms. The summed E-state index contributed by atoms with van der Waals surface area (Å²) >= 11 is 0. The molecule has 0 bridgehead atoms. The van der Waals surface area contributed by atoms with E-state index in [9.17, 15) is 13.6 Å². The molecule has 0 saturated carbocycles. The van der Waals surface area contributed by atoms with Crippen molar-refractivity contribution >= 4 is 11.6 Å². The number of anilines is 1. The number of hydrogen-bond acceptors (Lipinski definition) is 2. The van der Waals surface area contributed by atoms with Crippen molar-refractivity contribution in [1.29, 1.82) is 0 Å². The Morgan fingerprint density at radius 3 is 2.58 bits per heavy atom. The van der Waals surface area contributed by atoms with Gasteiger partial charge < -0.3 is 4.90 Å². The number of rotatable bonds is 3. The summed E-state index contributed by atoms with van der Waals surface area (Å²) in [7, 11) is 0. The van der Waals surface area contributed by atoms with Gasteiger partial charge >= 0.3 is 0 Å². The van der Waals surface area contributed by atoms with Crippen LogP contribution in [0.25, 0.3) is 0 Å². The summed E-state index contributed by atoms with van der Waals surface area (Å²) in [5, 5.41) is 0. The number of halogens is 2. The molecule has 3 nitrogen and oxygen atoms in total. The number of hydrogen-bond donors (Lipinski definition) is 0. The molecule has 2 aromatic rings. The van der Waals surface area contributed by atoms with Crippen molar-refractivity contribution in [3.05, 3.63) is 65.2 Å². The van der Waals surface area contributed by atoms with Crippen LogP contribution in [0.3, 0.4) is 0 Å². The maximum Gasteiger partial charge on any atom is 0.244 e. The van der Waals surface area contributed by atoms with E-state index in [4.69, 9.17) is 0 Å². The number of aryl methyl sites for hydroxylation is 1. The van der Waals surface area contributed by atoms with Crippen LogP contribution in [-0.4, -0.2) is 29.9 Å². The maximum atomic E-state index is 13.9. The second kappa shape index (κ2) is 6.69. The van der Waals surface area contributed by atoms with Crippen molar-refractivity contribution in [2.75, 3.05) is 18.0 Å². The molecule has 1 aliphatic heterocycles. The Kier molecular flexibility index (Phi) is 4.62. The first-order valence-corrected chi connectivity index (χ1v) is 8.02. The quantitative estimate of drug-likeness (QED) is 0.860. The summed E-state index contributed by atoms with van der Waals surface area (Å²) in [6.45, 7) is 5.29. The number of amides is 1. The van der Waals surface area contributed by atoms with Crippen LogP contribution in [0.15, 0.2) is 42.5 Å². The molecule has 0 aliphatic carbocycles. The van der Waals surface area contributed by atoms with Crippen LogP contribution in [0.4, 0.5) is 14.5 Å². The first-order chi connectivity index (χ1) is 11.5. The molecule has 0 unspecified atom stereocenters. The van der Waals surface area contributed by atoms with Crippen LogP contribution in [0.5, 0.6) is 0 Å². The van der Waals surface area contributed by atoms with Crippen LogP contribution in [-0.2, 0) is 11.3 Å². The molecule has 1 saturated heterocycles. The molecule has 126 valence electrons. The van der Waals surface area contributed by atoms with Crippen molar-refractivity contribution < 1.29 is 13.6 Å². The Morgan fingerprint density at radius 2 is 1.88 bits per heavy atom. The summed E-state index contributed by atoms with van der Waals surface area (Å²) in [6.07, 6.45) is 0. The van der Waals surface area contributed by atoms with Crippen molar-refractivity contribution in [2.45, 2.75) is 26.4 Å². The Balaban J connectivity index is 1.76. The molecule has 1 heterocycles. The minimum absolute atomic E-state index is 0.00179. The average Bonchev–Trinajstić information content (AvgIpc) is 2.55. The fraction of sp³-hybridized carbons (Fsp3) is 0.316. The van der Waals surface area contributed by atoms with E-state index in [-0.39, 0.29) is 11.9 Å². The second-order valence-corrected chi connectivity index (χ2v) is 6.16. The zero-order valence-corrected chi connectivity index (χ0v) is 13.8. The van der Waals surface area contributed by atoms with Gasteiger partial charge in [-0.3, -0.25) is 9.69 Å². The van der Waals surface area contributed by atoms with E-state index >= 15 is 0 Å². The van der Waals surface area contributed by atoms with Crippen LogP contribution in [0.2, 0.25) is 0 Å². The number of carbonyl (C=O) groups is 1. The van der Waals surface area contributed by atoms with Crippen LogP contribution in [0, 0.1) is 18.6 Å². The van der Waals surface area contributed by atoms with E-state index in [1.165, 1.54) is 12.1 Å². The highest BCUT2D eigenvalue weighted by molar-refractivity contribution is 5.98. The van der Waals surface area contributed by atoms with E-state index in [1.807, 2.05) is 43.0 Å². The standard InChI is InChI=1S/C19H20F2N2O/c1-13-5-3-4-6-18(13)23-10-9-22(14(2)19(23)24)12-15-7-8-16(20)11-17(15)21/h3-8,11,14H,9-10,12H2,1-2H3/t14-/m0/s1. The zero-order valence-electron chi connectivity index (χ0n) is 13.8. The lowest BCUT2D eigenvalue weighted by Crippen LogP contribution is -2.55. The van der Waals surface area contributed by atoms with E-state index in [0.717, 1.165) is 17.3 Å². The first kappa shape index (κ1) is 16.6. The van der Waals surface area contributed by atoms with Gasteiger partial charge in [-0.15, -0.1) is 0 Å². The number of para-hydroxylation sites is 1. The minimum atomic E-state index is -0.593. The maximum absolute atomic E-state index is 13.9. The van der Waals surface area contributed by atoms with Crippen LogP contribution >= 0.6 is 0 Å². The summed E-state index contributed by atoms with van der Waals surface area (Å²) in [5.41, 5.74) is 2.37. The summed E-state index contributed by atoms with van der Waals surface area (Å²) in [5.74, 6) is -1.17. The van der Waals surface area contributed by atoms with E-state index in [0.29, 0.717) is 25.2 Å². The van der Waals surface area contributed by atoms with E-state index in [2.05, 4.69) is 0 Å². The first-order valence-electron chi connectivity index (χ1n) is 8.02. The predicted octanol–water partition coefficient (Wildman–Crippen LogP) is 3.51. The Hall–Kier alpha value is -2.27. The highest BCUT2D eigenvalue weighted by Crippen LogP contribution is 2.25.